The molecule has 2 aromatic carbocycles. The molecule has 0 aliphatic carbocycles. The van der Waals surface area contributed by atoms with E-state index in [1.54, 1.807) is 0 Å². The van der Waals surface area contributed by atoms with E-state index in [0.29, 0.717) is 23.9 Å². The van der Waals surface area contributed by atoms with Gasteiger partial charge in [-0.25, -0.2) is 0 Å². The third-order valence-corrected chi connectivity index (χ3v) is 9.45. The summed E-state index contributed by atoms with van der Waals surface area (Å²) in [5.41, 5.74) is 1.45. The molecule has 2 unspecified atom stereocenters. The van der Waals surface area contributed by atoms with Gasteiger partial charge in [-0.05, 0) is 141 Å². The maximum Gasteiger partial charge on any atom is 0.147 e. The van der Waals surface area contributed by atoms with Crippen LogP contribution < -0.4 is 9.47 Å². The van der Waals surface area contributed by atoms with Crippen LogP contribution in [0, 0.1) is 0 Å². The molecule has 10 heteroatoms. The largest absolute Gasteiger partial charge is 0.488 e. The smallest absolute Gasteiger partial charge is 0.147 e. The van der Waals surface area contributed by atoms with Crippen LogP contribution >= 0.6 is 95.6 Å². The predicted octanol–water partition coefficient (Wildman–Crippen LogP) is 11.0. The Labute approximate surface area is 284 Å². The normalized spacial score (nSPS) is 14.3. The minimum Gasteiger partial charge on any atom is -0.488 e. The van der Waals surface area contributed by atoms with E-state index >= 15 is 0 Å². The van der Waals surface area contributed by atoms with Crippen molar-refractivity contribution in [3.05, 3.63) is 53.3 Å². The van der Waals surface area contributed by atoms with Crippen LogP contribution in [0.2, 0.25) is 0 Å². The van der Waals surface area contributed by atoms with Crippen molar-refractivity contribution in [3.8, 4) is 11.5 Å². The molecule has 2 atom stereocenters. The van der Waals surface area contributed by atoms with Crippen LogP contribution in [-0.2, 0) is 14.9 Å². The van der Waals surface area contributed by atoms with Gasteiger partial charge in [-0.1, -0.05) is 45.7 Å². The predicted molar refractivity (Wildman–Crippen MR) is 184 cm³/mol. The van der Waals surface area contributed by atoms with E-state index in [-0.39, 0.29) is 28.8 Å². The molecular weight excluding hydrogens is 892 g/mol. The molecule has 220 valence electrons. The first-order valence-corrected chi connectivity index (χ1v) is 18.0. The van der Waals surface area contributed by atoms with Gasteiger partial charge in [0.2, 0.25) is 0 Å². The molecule has 2 aromatic rings. The molecule has 0 radical (unpaired) electrons. The van der Waals surface area contributed by atoms with Gasteiger partial charge in [0.15, 0.2) is 0 Å². The van der Waals surface area contributed by atoms with Crippen LogP contribution in [0.1, 0.15) is 66.5 Å². The first-order chi connectivity index (χ1) is 17.9. The van der Waals surface area contributed by atoms with Crippen LogP contribution in [0.25, 0.3) is 0 Å². The van der Waals surface area contributed by atoms with Crippen molar-refractivity contribution in [3.63, 3.8) is 0 Å². The lowest BCUT2D eigenvalue weighted by Crippen LogP contribution is -2.33. The Bertz CT molecular complexity index is 976. The van der Waals surface area contributed by atoms with Gasteiger partial charge in [0.25, 0.3) is 0 Å². The van der Waals surface area contributed by atoms with Gasteiger partial charge < -0.3 is 18.9 Å². The summed E-state index contributed by atoms with van der Waals surface area (Å²) >= 11 is 22.0. The van der Waals surface area contributed by atoms with E-state index in [0.717, 1.165) is 40.5 Å². The molecule has 0 saturated heterocycles. The molecule has 39 heavy (non-hydrogen) atoms. The number of benzene rings is 2. The average Bonchev–Trinajstić information content (AvgIpc) is 2.79. The number of hydrogen-bond donors (Lipinski definition) is 0. The van der Waals surface area contributed by atoms with E-state index in [9.17, 15) is 0 Å². The van der Waals surface area contributed by atoms with Gasteiger partial charge in [0.05, 0.1) is 29.1 Å². The topological polar surface area (TPSA) is 36.9 Å². The molecule has 0 bridgehead atoms. The summed E-state index contributed by atoms with van der Waals surface area (Å²) in [6, 6.07) is 8.46. The van der Waals surface area contributed by atoms with Crippen LogP contribution in [0.5, 0.6) is 11.5 Å². The summed E-state index contributed by atoms with van der Waals surface area (Å²) in [6.45, 7) is 17.5. The Hall–Kier alpha value is 0.840. The van der Waals surface area contributed by atoms with Gasteiger partial charge >= 0.3 is 0 Å². The minimum atomic E-state index is -0.311. The molecule has 0 aliphatic rings. The Morgan fingerprint density at radius 3 is 1.08 bits per heavy atom. The van der Waals surface area contributed by atoms with Gasteiger partial charge in [-0.2, -0.15) is 0 Å². The van der Waals surface area contributed by atoms with Crippen molar-refractivity contribution in [1.82, 2.24) is 0 Å². The maximum absolute atomic E-state index is 6.19. The average molecular weight is 930 g/mol. The number of halogens is 6. The van der Waals surface area contributed by atoms with Gasteiger partial charge in [0.1, 0.15) is 36.9 Å². The highest BCUT2D eigenvalue weighted by atomic mass is 79.9. The fourth-order valence-electron chi connectivity index (χ4n) is 3.86. The Kier molecular flexibility index (Phi) is 13.9. The number of alkyl halides is 2. The zero-order valence-electron chi connectivity index (χ0n) is 23.7. The lowest BCUT2D eigenvalue weighted by molar-refractivity contribution is -0.0646. The summed E-state index contributed by atoms with van der Waals surface area (Å²) in [7, 11) is 0. The lowest BCUT2D eigenvalue weighted by Gasteiger charge is -2.29. The Morgan fingerprint density at radius 2 is 0.846 bits per heavy atom. The van der Waals surface area contributed by atoms with E-state index in [1.165, 1.54) is 0 Å². The van der Waals surface area contributed by atoms with Crippen LogP contribution in [0.15, 0.2) is 42.2 Å². The molecule has 0 N–H and O–H groups in total. The summed E-state index contributed by atoms with van der Waals surface area (Å²) in [4.78, 5) is 0. The van der Waals surface area contributed by atoms with Crippen LogP contribution in [-0.4, -0.2) is 47.3 Å². The Morgan fingerprint density at radius 1 is 0.564 bits per heavy atom. The molecule has 0 saturated carbocycles. The monoisotopic (exact) mass is 924 g/mol. The second-order valence-corrected chi connectivity index (χ2v) is 16.5. The molecule has 0 spiro atoms. The first-order valence-electron chi connectivity index (χ1n) is 12.6. The first kappa shape index (κ1) is 36.0. The molecule has 0 aliphatic heterocycles. The van der Waals surface area contributed by atoms with Gasteiger partial charge in [-0.15, -0.1) is 0 Å². The highest BCUT2D eigenvalue weighted by Crippen LogP contribution is 2.44. The maximum atomic E-state index is 6.19. The van der Waals surface area contributed by atoms with Crippen molar-refractivity contribution in [2.75, 3.05) is 23.9 Å². The third-order valence-electron chi connectivity index (χ3n) is 5.65. The third kappa shape index (κ3) is 11.1. The second kappa shape index (κ2) is 15.0. The Balaban J connectivity index is 2.26. The molecular formula is C29H38Br6O4. The molecule has 0 fully saturated rings. The lowest BCUT2D eigenvalue weighted by atomic mass is 9.78. The zero-order chi connectivity index (χ0) is 29.8. The highest BCUT2D eigenvalue weighted by Gasteiger charge is 2.28. The fourth-order valence-corrected chi connectivity index (χ4v) is 7.33. The van der Waals surface area contributed by atoms with Crippen molar-refractivity contribution >= 4 is 95.6 Å². The summed E-state index contributed by atoms with van der Waals surface area (Å²) in [5.74, 6) is 1.51. The zero-order valence-corrected chi connectivity index (χ0v) is 33.2. The van der Waals surface area contributed by atoms with Gasteiger partial charge in [-0.3, -0.25) is 0 Å². The fraction of sp³-hybridized carbons (Fsp3) is 0.586. The van der Waals surface area contributed by atoms with Crippen LogP contribution in [0.3, 0.4) is 0 Å². The van der Waals surface area contributed by atoms with E-state index in [2.05, 4.69) is 134 Å². The van der Waals surface area contributed by atoms with E-state index in [1.807, 2.05) is 41.5 Å². The van der Waals surface area contributed by atoms with Crippen LogP contribution in [0.4, 0.5) is 0 Å². The number of rotatable bonds is 12. The van der Waals surface area contributed by atoms with Crippen molar-refractivity contribution in [2.24, 2.45) is 0 Å². The molecule has 0 amide bonds. The number of ether oxygens (including phenoxy) is 4. The quantitative estimate of drug-likeness (QED) is 0.199. The minimum absolute atomic E-state index is 0.0693. The standard InChI is InChI=1S/C29H38Br6O4/c1-27(2,3)38-19(13-30)15-36-25-21(32)9-17(10-22(25)33)29(7,8)18-11-23(34)26(24(35)12-18)37-16-20(14-31)39-28(4,5)6/h9-12,19-20H,13-16H2,1-8H3. The second-order valence-electron chi connectivity index (χ2n) is 11.8. The van der Waals surface area contributed by atoms with Crippen molar-refractivity contribution in [2.45, 2.75) is 84.2 Å². The van der Waals surface area contributed by atoms with E-state index < -0.39 is 0 Å². The molecule has 0 heterocycles. The summed E-state index contributed by atoms with van der Waals surface area (Å²) < 4.78 is 28.0. The summed E-state index contributed by atoms with van der Waals surface area (Å²) in [6.07, 6.45) is -0.139. The molecule has 2 rings (SSSR count). The SMILES string of the molecule is CC(C)(C)OC(CBr)COc1c(Br)cc(C(C)(C)c2cc(Br)c(OCC(CBr)OC(C)(C)C)c(Br)c2)cc1Br. The summed E-state index contributed by atoms with van der Waals surface area (Å²) in [5, 5.41) is 1.38. The molecule has 4 nitrogen and oxygen atoms in total. The van der Waals surface area contributed by atoms with Crippen molar-refractivity contribution in [1.29, 1.82) is 0 Å². The van der Waals surface area contributed by atoms with Gasteiger partial charge in [0, 0.05) is 16.1 Å². The van der Waals surface area contributed by atoms with E-state index in [4.69, 9.17) is 18.9 Å². The van der Waals surface area contributed by atoms with Crippen molar-refractivity contribution < 1.29 is 18.9 Å². The number of hydrogen-bond acceptors (Lipinski definition) is 4. The highest BCUT2D eigenvalue weighted by molar-refractivity contribution is 9.11. The molecule has 0 aromatic heterocycles.